The van der Waals surface area contributed by atoms with Crippen molar-refractivity contribution in [3.8, 4) is 17.2 Å². The molecule has 0 aliphatic carbocycles. The van der Waals surface area contributed by atoms with Gasteiger partial charge in [0.25, 0.3) is 0 Å². The monoisotopic (exact) mass is 256 g/mol. The van der Waals surface area contributed by atoms with E-state index in [0.29, 0.717) is 29.4 Å². The number of benzene rings is 2. The van der Waals surface area contributed by atoms with E-state index in [1.165, 1.54) is 0 Å². The van der Waals surface area contributed by atoms with Crippen LogP contribution in [0.25, 0.3) is 0 Å². The normalized spacial score (nSPS) is 12.2. The number of hydrogen-bond donors (Lipinski definition) is 0. The summed E-state index contributed by atoms with van der Waals surface area (Å²) >= 11 is 0. The Labute approximate surface area is 110 Å². The number of carbonyl (C=O) groups excluding carboxylic acids is 1. The second-order valence-electron chi connectivity index (χ2n) is 4.14. The maximum atomic E-state index is 10.6. The van der Waals surface area contributed by atoms with Gasteiger partial charge in [0.15, 0.2) is 11.5 Å². The molecule has 4 nitrogen and oxygen atoms in total. The fourth-order valence-electron chi connectivity index (χ4n) is 1.87. The van der Waals surface area contributed by atoms with E-state index in [1.807, 2.05) is 30.3 Å². The molecule has 1 aliphatic heterocycles. The molecule has 1 aliphatic rings. The van der Waals surface area contributed by atoms with Crippen molar-refractivity contribution in [3.05, 3.63) is 53.6 Å². The lowest BCUT2D eigenvalue weighted by Gasteiger charge is -2.08. The van der Waals surface area contributed by atoms with Crippen LogP contribution in [0.4, 0.5) is 0 Å². The Hall–Kier alpha value is -2.49. The summed E-state index contributed by atoms with van der Waals surface area (Å²) in [5.41, 5.74) is 1.64. The molecular weight excluding hydrogens is 244 g/mol. The van der Waals surface area contributed by atoms with Crippen molar-refractivity contribution in [2.75, 3.05) is 6.79 Å². The Morgan fingerprint density at radius 1 is 1.11 bits per heavy atom. The molecule has 0 bridgehead atoms. The van der Waals surface area contributed by atoms with Crippen molar-refractivity contribution >= 4 is 6.29 Å². The maximum absolute atomic E-state index is 10.6. The first-order chi connectivity index (χ1) is 9.36. The topological polar surface area (TPSA) is 44.8 Å². The molecule has 0 unspecified atom stereocenters. The van der Waals surface area contributed by atoms with Crippen LogP contribution in [0, 0.1) is 0 Å². The molecule has 0 saturated carbocycles. The minimum absolute atomic E-state index is 0.226. The number of carbonyl (C=O) groups is 1. The number of hydrogen-bond acceptors (Lipinski definition) is 4. The van der Waals surface area contributed by atoms with Crippen LogP contribution in [0.5, 0.6) is 17.2 Å². The summed E-state index contributed by atoms with van der Waals surface area (Å²) < 4.78 is 16.4. The van der Waals surface area contributed by atoms with E-state index in [-0.39, 0.29) is 6.79 Å². The van der Waals surface area contributed by atoms with Gasteiger partial charge in [-0.3, -0.25) is 4.79 Å². The van der Waals surface area contributed by atoms with Gasteiger partial charge in [0.05, 0.1) is 0 Å². The van der Waals surface area contributed by atoms with E-state index < -0.39 is 0 Å². The largest absolute Gasteiger partial charge is 0.485 e. The van der Waals surface area contributed by atoms with Crippen molar-refractivity contribution in [2.24, 2.45) is 0 Å². The molecule has 2 aromatic carbocycles. The number of aldehydes is 1. The Kier molecular flexibility index (Phi) is 3.06. The summed E-state index contributed by atoms with van der Waals surface area (Å²) in [6.45, 7) is 0.642. The van der Waals surface area contributed by atoms with E-state index in [0.717, 1.165) is 11.8 Å². The van der Waals surface area contributed by atoms with Crippen molar-refractivity contribution in [1.82, 2.24) is 0 Å². The van der Waals surface area contributed by atoms with Crippen LogP contribution in [0.1, 0.15) is 15.9 Å². The lowest BCUT2D eigenvalue weighted by atomic mass is 10.1. The van der Waals surface area contributed by atoms with E-state index >= 15 is 0 Å². The third-order valence-corrected chi connectivity index (χ3v) is 2.87. The molecule has 0 fully saturated rings. The molecule has 2 aromatic rings. The zero-order valence-electron chi connectivity index (χ0n) is 10.2. The van der Waals surface area contributed by atoms with Gasteiger partial charge in [-0.15, -0.1) is 0 Å². The quantitative estimate of drug-likeness (QED) is 0.789. The predicted octanol–water partition coefficient (Wildman–Crippen LogP) is 2.81. The van der Waals surface area contributed by atoms with E-state index in [1.54, 1.807) is 12.1 Å². The van der Waals surface area contributed by atoms with Gasteiger partial charge < -0.3 is 14.2 Å². The first-order valence-corrected chi connectivity index (χ1v) is 5.92. The second-order valence-corrected chi connectivity index (χ2v) is 4.14. The van der Waals surface area contributed by atoms with Crippen molar-refractivity contribution < 1.29 is 19.0 Å². The van der Waals surface area contributed by atoms with Gasteiger partial charge in [-0.1, -0.05) is 30.3 Å². The number of rotatable bonds is 4. The van der Waals surface area contributed by atoms with Gasteiger partial charge in [0.2, 0.25) is 12.5 Å². The van der Waals surface area contributed by atoms with Gasteiger partial charge in [-0.25, -0.2) is 0 Å². The van der Waals surface area contributed by atoms with E-state index in [4.69, 9.17) is 14.2 Å². The van der Waals surface area contributed by atoms with Gasteiger partial charge >= 0.3 is 0 Å². The van der Waals surface area contributed by atoms with Crippen LogP contribution >= 0.6 is 0 Å². The second kappa shape index (κ2) is 5.02. The van der Waals surface area contributed by atoms with Crippen LogP contribution in [-0.4, -0.2) is 13.1 Å². The lowest BCUT2D eigenvalue weighted by Crippen LogP contribution is -1.97. The molecule has 0 amide bonds. The van der Waals surface area contributed by atoms with Crippen molar-refractivity contribution in [2.45, 2.75) is 6.61 Å². The first kappa shape index (κ1) is 11.6. The number of fused-ring (bicyclic) bond motifs is 1. The molecule has 0 saturated heterocycles. The van der Waals surface area contributed by atoms with Gasteiger partial charge in [0.1, 0.15) is 12.9 Å². The highest BCUT2D eigenvalue weighted by Crippen LogP contribution is 2.40. The van der Waals surface area contributed by atoms with E-state index in [9.17, 15) is 4.79 Å². The Bertz CT molecular complexity index is 590. The average molecular weight is 256 g/mol. The van der Waals surface area contributed by atoms with Crippen molar-refractivity contribution in [3.63, 3.8) is 0 Å². The summed E-state index contributed by atoms with van der Waals surface area (Å²) in [6, 6.07) is 12.8. The third-order valence-electron chi connectivity index (χ3n) is 2.87. The molecule has 19 heavy (non-hydrogen) atoms. The highest BCUT2D eigenvalue weighted by atomic mass is 16.7. The molecule has 96 valence electrons. The number of ether oxygens (including phenoxy) is 3. The fourth-order valence-corrected chi connectivity index (χ4v) is 1.87. The van der Waals surface area contributed by atoms with E-state index in [2.05, 4.69) is 0 Å². The minimum Gasteiger partial charge on any atom is -0.485 e. The highest BCUT2D eigenvalue weighted by molar-refractivity contribution is 5.74. The zero-order valence-corrected chi connectivity index (χ0v) is 10.2. The van der Waals surface area contributed by atoms with Gasteiger partial charge in [0, 0.05) is 5.56 Å². The summed E-state index contributed by atoms with van der Waals surface area (Å²) in [4.78, 5) is 10.6. The summed E-state index contributed by atoms with van der Waals surface area (Å²) in [6.07, 6.45) is 0.819. The van der Waals surface area contributed by atoms with Gasteiger partial charge in [-0.2, -0.15) is 0 Å². The predicted molar refractivity (Wildman–Crippen MR) is 68.7 cm³/mol. The standard InChI is InChI=1S/C15H12O4/c16-8-11-4-6-12(7-5-11)9-17-13-2-1-3-14-15(13)19-10-18-14/h1-8H,9-10H2. The molecule has 0 aromatic heterocycles. The molecule has 3 rings (SSSR count). The molecule has 1 heterocycles. The Morgan fingerprint density at radius 2 is 1.95 bits per heavy atom. The van der Waals surface area contributed by atoms with Crippen LogP contribution in [0.2, 0.25) is 0 Å². The van der Waals surface area contributed by atoms with Crippen LogP contribution < -0.4 is 14.2 Å². The summed E-state index contributed by atoms with van der Waals surface area (Å²) in [5, 5.41) is 0. The molecular formula is C15H12O4. The summed E-state index contributed by atoms with van der Waals surface area (Å²) in [5.74, 6) is 2.01. The SMILES string of the molecule is O=Cc1ccc(COc2cccc3c2OCO3)cc1. The first-order valence-electron chi connectivity index (χ1n) is 5.92. The Balaban J connectivity index is 1.72. The molecule has 0 radical (unpaired) electrons. The molecule has 0 atom stereocenters. The molecule has 0 spiro atoms. The van der Waals surface area contributed by atoms with Crippen LogP contribution in [0.3, 0.4) is 0 Å². The average Bonchev–Trinajstić information content (AvgIpc) is 2.94. The zero-order chi connectivity index (χ0) is 13.1. The van der Waals surface area contributed by atoms with Crippen LogP contribution in [-0.2, 0) is 6.61 Å². The number of para-hydroxylation sites is 1. The molecule has 4 heteroatoms. The van der Waals surface area contributed by atoms with Gasteiger partial charge in [-0.05, 0) is 17.7 Å². The lowest BCUT2D eigenvalue weighted by molar-refractivity contribution is 0.112. The highest BCUT2D eigenvalue weighted by Gasteiger charge is 2.18. The Morgan fingerprint density at radius 3 is 2.74 bits per heavy atom. The third kappa shape index (κ3) is 2.38. The van der Waals surface area contributed by atoms with Crippen LogP contribution in [0.15, 0.2) is 42.5 Å². The minimum atomic E-state index is 0.226. The smallest absolute Gasteiger partial charge is 0.231 e. The summed E-state index contributed by atoms with van der Waals surface area (Å²) in [7, 11) is 0. The maximum Gasteiger partial charge on any atom is 0.231 e. The fraction of sp³-hybridized carbons (Fsp3) is 0.133. The molecule has 0 N–H and O–H groups in total. The van der Waals surface area contributed by atoms with Crippen molar-refractivity contribution in [1.29, 1.82) is 0 Å².